The fraction of sp³-hybridized carbons (Fsp3) is 0.294. The summed E-state index contributed by atoms with van der Waals surface area (Å²) in [6.45, 7) is 1.34. The second-order valence-electron chi connectivity index (χ2n) is 5.30. The van der Waals surface area contributed by atoms with Crippen molar-refractivity contribution in [2.45, 2.75) is 32.0 Å². The van der Waals surface area contributed by atoms with Crippen molar-refractivity contribution in [1.82, 2.24) is 5.32 Å². The quantitative estimate of drug-likeness (QED) is 0.823. The van der Waals surface area contributed by atoms with Gasteiger partial charge >= 0.3 is 0 Å². The minimum Gasteiger partial charge on any atom is -0.489 e. The highest BCUT2D eigenvalue weighted by Gasteiger charge is 2.19. The monoisotopic (exact) mass is 321 g/mol. The van der Waals surface area contributed by atoms with E-state index in [4.69, 9.17) is 27.9 Å². The summed E-state index contributed by atoms with van der Waals surface area (Å²) in [6, 6.07) is 14.4. The molecule has 0 amide bonds. The number of ether oxygens (including phenoxy) is 1. The lowest BCUT2D eigenvalue weighted by Gasteiger charge is -2.09. The highest BCUT2D eigenvalue weighted by molar-refractivity contribution is 6.42. The maximum Gasteiger partial charge on any atom is 0.119 e. The summed E-state index contributed by atoms with van der Waals surface area (Å²) in [5.74, 6) is 0.834. The van der Waals surface area contributed by atoms with Crippen molar-refractivity contribution in [3.8, 4) is 5.75 Å². The van der Waals surface area contributed by atoms with Gasteiger partial charge in [-0.2, -0.15) is 0 Å². The third-order valence-corrected chi connectivity index (χ3v) is 4.38. The molecular formula is C17H17Cl2NO. The summed E-state index contributed by atoms with van der Waals surface area (Å²) >= 11 is 12.1. The van der Waals surface area contributed by atoms with Crippen molar-refractivity contribution in [3.63, 3.8) is 0 Å². The van der Waals surface area contributed by atoms with E-state index in [0.717, 1.165) is 23.9 Å². The molecule has 2 aromatic rings. The van der Waals surface area contributed by atoms with Gasteiger partial charge in [0.2, 0.25) is 0 Å². The molecule has 110 valence electrons. The SMILES string of the molecule is Clc1cccc(COc2ccc(CNC3CC3)cc2)c1Cl. The first-order chi connectivity index (χ1) is 10.2. The van der Waals surface area contributed by atoms with Crippen LogP contribution in [0, 0.1) is 0 Å². The Labute approximate surface area is 135 Å². The Kier molecular flexibility index (Phi) is 4.69. The van der Waals surface area contributed by atoms with E-state index in [0.29, 0.717) is 16.7 Å². The van der Waals surface area contributed by atoms with Crippen LogP contribution in [0.1, 0.15) is 24.0 Å². The molecule has 0 heterocycles. The van der Waals surface area contributed by atoms with E-state index in [-0.39, 0.29) is 0 Å². The largest absolute Gasteiger partial charge is 0.489 e. The predicted octanol–water partition coefficient (Wildman–Crippen LogP) is 4.82. The molecule has 1 aliphatic rings. The van der Waals surface area contributed by atoms with E-state index in [9.17, 15) is 0 Å². The number of hydrogen-bond acceptors (Lipinski definition) is 2. The van der Waals surface area contributed by atoms with Crippen LogP contribution in [0.3, 0.4) is 0 Å². The lowest BCUT2D eigenvalue weighted by Crippen LogP contribution is -2.15. The van der Waals surface area contributed by atoms with Crippen LogP contribution in [0.4, 0.5) is 0 Å². The van der Waals surface area contributed by atoms with Crippen LogP contribution >= 0.6 is 23.2 Å². The van der Waals surface area contributed by atoms with Crippen LogP contribution in [0.15, 0.2) is 42.5 Å². The lowest BCUT2D eigenvalue weighted by molar-refractivity contribution is 0.306. The Bertz CT molecular complexity index is 609. The molecular weight excluding hydrogens is 305 g/mol. The molecule has 3 rings (SSSR count). The fourth-order valence-corrected chi connectivity index (χ4v) is 2.45. The molecule has 0 unspecified atom stereocenters. The van der Waals surface area contributed by atoms with E-state index in [1.807, 2.05) is 24.3 Å². The molecule has 21 heavy (non-hydrogen) atoms. The van der Waals surface area contributed by atoms with Gasteiger partial charge in [-0.05, 0) is 36.6 Å². The summed E-state index contributed by atoms with van der Waals surface area (Å²) < 4.78 is 5.76. The van der Waals surface area contributed by atoms with Crippen LogP contribution in [-0.2, 0) is 13.2 Å². The Morgan fingerprint density at radius 2 is 1.81 bits per heavy atom. The molecule has 0 bridgehead atoms. The average Bonchev–Trinajstić information content (AvgIpc) is 3.32. The van der Waals surface area contributed by atoms with Gasteiger partial charge in [-0.1, -0.05) is 47.5 Å². The zero-order valence-corrected chi connectivity index (χ0v) is 13.1. The first-order valence-corrected chi connectivity index (χ1v) is 7.86. The van der Waals surface area contributed by atoms with E-state index in [1.165, 1.54) is 18.4 Å². The molecule has 1 aliphatic carbocycles. The summed E-state index contributed by atoms with van der Waals surface area (Å²) in [7, 11) is 0. The molecule has 2 nitrogen and oxygen atoms in total. The Balaban J connectivity index is 1.56. The van der Waals surface area contributed by atoms with Gasteiger partial charge in [0.1, 0.15) is 12.4 Å². The van der Waals surface area contributed by atoms with Crippen molar-refractivity contribution in [1.29, 1.82) is 0 Å². The zero-order chi connectivity index (χ0) is 14.7. The maximum atomic E-state index is 6.14. The first kappa shape index (κ1) is 14.7. The molecule has 1 fully saturated rings. The van der Waals surface area contributed by atoms with Crippen molar-refractivity contribution in [2.24, 2.45) is 0 Å². The van der Waals surface area contributed by atoms with Gasteiger partial charge in [0.05, 0.1) is 10.0 Å². The first-order valence-electron chi connectivity index (χ1n) is 7.10. The van der Waals surface area contributed by atoms with Crippen molar-refractivity contribution >= 4 is 23.2 Å². The van der Waals surface area contributed by atoms with Crippen LogP contribution < -0.4 is 10.1 Å². The van der Waals surface area contributed by atoms with E-state index in [1.54, 1.807) is 6.07 Å². The molecule has 0 aliphatic heterocycles. The molecule has 0 atom stereocenters. The molecule has 0 spiro atoms. The van der Waals surface area contributed by atoms with Crippen molar-refractivity contribution in [2.75, 3.05) is 0 Å². The summed E-state index contributed by atoms with van der Waals surface area (Å²) in [5.41, 5.74) is 2.17. The van der Waals surface area contributed by atoms with Gasteiger partial charge < -0.3 is 10.1 Å². The van der Waals surface area contributed by atoms with Gasteiger partial charge in [-0.3, -0.25) is 0 Å². The van der Waals surface area contributed by atoms with Crippen molar-refractivity contribution < 1.29 is 4.74 Å². The lowest BCUT2D eigenvalue weighted by atomic mass is 10.2. The van der Waals surface area contributed by atoms with Gasteiger partial charge in [0.15, 0.2) is 0 Å². The minimum absolute atomic E-state index is 0.416. The summed E-state index contributed by atoms with van der Waals surface area (Å²) in [6.07, 6.45) is 2.61. The Hall–Kier alpha value is -1.22. The molecule has 0 radical (unpaired) electrons. The number of benzene rings is 2. The summed E-state index contributed by atoms with van der Waals surface area (Å²) in [4.78, 5) is 0. The highest BCUT2D eigenvalue weighted by Crippen LogP contribution is 2.26. The van der Waals surface area contributed by atoms with Gasteiger partial charge in [0, 0.05) is 18.2 Å². The number of hydrogen-bond donors (Lipinski definition) is 1. The molecule has 0 aromatic heterocycles. The molecule has 1 saturated carbocycles. The number of nitrogens with one attached hydrogen (secondary N) is 1. The van der Waals surface area contributed by atoms with Crippen molar-refractivity contribution in [3.05, 3.63) is 63.6 Å². The Morgan fingerprint density at radius 3 is 2.52 bits per heavy atom. The van der Waals surface area contributed by atoms with Gasteiger partial charge in [0.25, 0.3) is 0 Å². The third-order valence-electron chi connectivity index (χ3n) is 3.52. The van der Waals surface area contributed by atoms with Gasteiger partial charge in [-0.25, -0.2) is 0 Å². The normalized spacial score (nSPS) is 14.2. The minimum atomic E-state index is 0.416. The summed E-state index contributed by atoms with van der Waals surface area (Å²) in [5, 5.41) is 4.61. The van der Waals surface area contributed by atoms with Crippen LogP contribution in [0.5, 0.6) is 5.75 Å². The van der Waals surface area contributed by atoms with Gasteiger partial charge in [-0.15, -0.1) is 0 Å². The predicted molar refractivity (Wildman–Crippen MR) is 87.1 cm³/mol. The number of halogens is 2. The zero-order valence-electron chi connectivity index (χ0n) is 11.6. The van der Waals surface area contributed by atoms with Crippen LogP contribution in [-0.4, -0.2) is 6.04 Å². The highest BCUT2D eigenvalue weighted by atomic mass is 35.5. The average molecular weight is 322 g/mol. The maximum absolute atomic E-state index is 6.14. The van der Waals surface area contributed by atoms with E-state index < -0.39 is 0 Å². The smallest absolute Gasteiger partial charge is 0.119 e. The Morgan fingerprint density at radius 1 is 1.05 bits per heavy atom. The topological polar surface area (TPSA) is 21.3 Å². The molecule has 0 saturated heterocycles. The van der Waals surface area contributed by atoms with E-state index >= 15 is 0 Å². The molecule has 2 aromatic carbocycles. The molecule has 1 N–H and O–H groups in total. The number of rotatable bonds is 6. The van der Waals surface area contributed by atoms with E-state index in [2.05, 4.69) is 17.4 Å². The van der Waals surface area contributed by atoms with Crippen LogP contribution in [0.2, 0.25) is 10.0 Å². The fourth-order valence-electron chi connectivity index (χ4n) is 2.07. The molecule has 4 heteroatoms. The standard InChI is InChI=1S/C17H17Cl2NO/c18-16-3-1-2-13(17(16)19)11-21-15-8-4-12(5-9-15)10-20-14-6-7-14/h1-5,8-9,14,20H,6-7,10-11H2. The second kappa shape index (κ2) is 6.69. The third kappa shape index (κ3) is 4.13. The second-order valence-corrected chi connectivity index (χ2v) is 6.09. The van der Waals surface area contributed by atoms with Crippen LogP contribution in [0.25, 0.3) is 0 Å².